The fourth-order valence-corrected chi connectivity index (χ4v) is 12.6. The van der Waals surface area contributed by atoms with Crippen LogP contribution in [-0.4, -0.2) is 54.6 Å². The molecular formula is C35H49F3O7. The fraction of sp³-hybridized carbons (Fsp3) is 0.914. The number of fused-ring (bicyclic) bond motifs is 11. The first-order valence-electron chi connectivity index (χ1n) is 17.6. The quantitative estimate of drug-likeness (QED) is 0.235. The first-order chi connectivity index (χ1) is 21.3. The first kappa shape index (κ1) is 31.7. The second-order valence-corrected chi connectivity index (χ2v) is 16.3. The number of hydrogen-bond donors (Lipinski definition) is 1. The minimum atomic E-state index is -5.04. The third-order valence-electron chi connectivity index (χ3n) is 14.9. The van der Waals surface area contributed by atoms with E-state index in [2.05, 4.69) is 27.7 Å². The van der Waals surface area contributed by atoms with E-state index in [1.165, 1.54) is 19.3 Å². The van der Waals surface area contributed by atoms with Crippen molar-refractivity contribution < 1.29 is 46.9 Å². The molecule has 6 bridgehead atoms. The Labute approximate surface area is 263 Å². The van der Waals surface area contributed by atoms with Gasteiger partial charge >= 0.3 is 24.1 Å². The van der Waals surface area contributed by atoms with Crippen LogP contribution in [-0.2, 0) is 28.6 Å². The van der Waals surface area contributed by atoms with Gasteiger partial charge in [0.2, 0.25) is 0 Å². The SMILES string of the molecule is CC1C(C)C2CC1C1C3CC(C(O)C4CCOC4=O)C(C3)C21.CC1C2CC(C1C)C(C(OC(=O)C(F)(F)F)C1CCOC1=O)C2. The molecule has 2 heterocycles. The van der Waals surface area contributed by atoms with Crippen LogP contribution in [0.3, 0.4) is 0 Å². The van der Waals surface area contributed by atoms with Gasteiger partial charge in [-0.25, -0.2) is 4.79 Å². The Hall–Kier alpha value is -1.84. The zero-order valence-electron chi connectivity index (χ0n) is 26.8. The Kier molecular flexibility index (Phi) is 8.04. The van der Waals surface area contributed by atoms with E-state index in [4.69, 9.17) is 14.2 Å². The van der Waals surface area contributed by atoms with E-state index < -0.39 is 36.2 Å². The topological polar surface area (TPSA) is 99.1 Å². The van der Waals surface area contributed by atoms with Crippen LogP contribution in [0.4, 0.5) is 13.2 Å². The molecule has 45 heavy (non-hydrogen) atoms. The summed E-state index contributed by atoms with van der Waals surface area (Å²) in [6.45, 7) is 9.86. The molecule has 18 unspecified atom stereocenters. The van der Waals surface area contributed by atoms with Gasteiger partial charge in [-0.05, 0) is 122 Å². The van der Waals surface area contributed by atoms with Gasteiger partial charge in [0.05, 0.1) is 31.2 Å². The smallest absolute Gasteiger partial charge is 0.465 e. The molecule has 6 saturated carbocycles. The molecule has 2 aliphatic heterocycles. The molecule has 8 aliphatic rings. The number of aliphatic hydroxyl groups is 1. The van der Waals surface area contributed by atoms with Gasteiger partial charge in [-0.2, -0.15) is 13.2 Å². The third kappa shape index (κ3) is 5.04. The molecule has 0 aromatic heterocycles. The Morgan fingerprint density at radius 1 is 0.733 bits per heavy atom. The van der Waals surface area contributed by atoms with E-state index in [-0.39, 0.29) is 30.3 Å². The standard InChI is InChI=1S/C19H28O3.C16H21F3O4/c1-8-9(2)13-7-12(8)16-10-5-14(17(13)16)15(6-10)18(20)11-3-4-22-19(11)21;1-7-8(2)11-5-9(7)6-12(11)13(10-3-4-22-14(10)20)23-15(21)16(17,18)19/h8-18,20H,3-7H2,1-2H3;7-13H,3-6H2,1-2H3. The minimum absolute atomic E-state index is 0.151. The summed E-state index contributed by atoms with van der Waals surface area (Å²) in [5, 5.41) is 10.8. The van der Waals surface area contributed by atoms with Gasteiger partial charge in [0.15, 0.2) is 0 Å². The van der Waals surface area contributed by atoms with Crippen LogP contribution in [0.25, 0.3) is 0 Å². The van der Waals surface area contributed by atoms with Crippen molar-refractivity contribution in [3.8, 4) is 0 Å². The van der Waals surface area contributed by atoms with Crippen molar-refractivity contribution in [1.82, 2.24) is 0 Å². The van der Waals surface area contributed by atoms with E-state index in [9.17, 15) is 32.7 Å². The molecule has 0 aromatic rings. The number of ether oxygens (including phenoxy) is 3. The lowest BCUT2D eigenvalue weighted by molar-refractivity contribution is -0.211. The maximum atomic E-state index is 12.6. The van der Waals surface area contributed by atoms with Gasteiger partial charge in [0.1, 0.15) is 6.10 Å². The zero-order valence-corrected chi connectivity index (χ0v) is 26.8. The molecule has 8 rings (SSSR count). The average molecular weight is 639 g/mol. The summed E-state index contributed by atoms with van der Waals surface area (Å²) in [5.41, 5.74) is 0. The maximum absolute atomic E-state index is 12.6. The normalized spacial score (nSPS) is 50.2. The Bertz CT molecular complexity index is 1190. The van der Waals surface area contributed by atoms with Crippen molar-refractivity contribution >= 4 is 17.9 Å². The molecule has 8 fully saturated rings. The summed E-state index contributed by atoms with van der Waals surface area (Å²) >= 11 is 0. The fourth-order valence-electron chi connectivity index (χ4n) is 12.6. The van der Waals surface area contributed by atoms with Gasteiger partial charge in [0.25, 0.3) is 0 Å². The van der Waals surface area contributed by atoms with Gasteiger partial charge < -0.3 is 19.3 Å². The molecule has 0 spiro atoms. The van der Waals surface area contributed by atoms with Crippen molar-refractivity contribution in [3.05, 3.63) is 0 Å². The summed E-state index contributed by atoms with van der Waals surface area (Å²) in [6.07, 6.45) is 0.114. The van der Waals surface area contributed by atoms with Gasteiger partial charge in [-0.3, -0.25) is 9.59 Å². The second kappa shape index (κ2) is 11.4. The molecule has 0 aromatic carbocycles. The van der Waals surface area contributed by atoms with E-state index in [1.807, 2.05) is 0 Å². The Morgan fingerprint density at radius 3 is 1.84 bits per heavy atom. The monoisotopic (exact) mass is 638 g/mol. The van der Waals surface area contributed by atoms with Crippen LogP contribution < -0.4 is 0 Å². The first-order valence-corrected chi connectivity index (χ1v) is 17.6. The van der Waals surface area contributed by atoms with E-state index in [0.717, 1.165) is 60.7 Å². The molecule has 18 atom stereocenters. The predicted molar refractivity (Wildman–Crippen MR) is 155 cm³/mol. The number of carbonyl (C=O) groups is 3. The van der Waals surface area contributed by atoms with Crippen LogP contribution >= 0.6 is 0 Å². The zero-order chi connectivity index (χ0) is 32.1. The number of aliphatic hydroxyl groups excluding tert-OH is 1. The average Bonchev–Trinajstić information content (AvgIpc) is 3.83. The number of carbonyl (C=O) groups excluding carboxylic acids is 3. The summed E-state index contributed by atoms with van der Waals surface area (Å²) in [5.74, 6) is 4.71. The summed E-state index contributed by atoms with van der Waals surface area (Å²) in [7, 11) is 0. The Balaban J connectivity index is 0.000000145. The van der Waals surface area contributed by atoms with Gasteiger partial charge in [-0.15, -0.1) is 0 Å². The number of esters is 3. The molecule has 1 N–H and O–H groups in total. The van der Waals surface area contributed by atoms with Crippen LogP contribution in [0, 0.1) is 94.7 Å². The highest BCUT2D eigenvalue weighted by Crippen LogP contribution is 2.72. The van der Waals surface area contributed by atoms with E-state index in [0.29, 0.717) is 42.6 Å². The molecule has 7 nitrogen and oxygen atoms in total. The number of hydrogen-bond acceptors (Lipinski definition) is 7. The van der Waals surface area contributed by atoms with Gasteiger partial charge in [0, 0.05) is 5.92 Å². The summed E-state index contributed by atoms with van der Waals surface area (Å²) < 4.78 is 52.7. The van der Waals surface area contributed by atoms with Crippen molar-refractivity contribution in [2.24, 2.45) is 94.7 Å². The highest BCUT2D eigenvalue weighted by atomic mass is 19.4. The number of rotatable bonds is 5. The lowest BCUT2D eigenvalue weighted by Crippen LogP contribution is -2.43. The van der Waals surface area contributed by atoms with Crippen LogP contribution in [0.2, 0.25) is 0 Å². The maximum Gasteiger partial charge on any atom is 0.490 e. The Morgan fingerprint density at radius 2 is 1.29 bits per heavy atom. The van der Waals surface area contributed by atoms with Crippen molar-refractivity contribution in [2.45, 2.75) is 91.0 Å². The van der Waals surface area contributed by atoms with Crippen LogP contribution in [0.1, 0.15) is 72.6 Å². The summed E-state index contributed by atoms with van der Waals surface area (Å²) in [6, 6.07) is 0. The summed E-state index contributed by atoms with van der Waals surface area (Å²) in [4.78, 5) is 35.1. The van der Waals surface area contributed by atoms with E-state index >= 15 is 0 Å². The highest BCUT2D eigenvalue weighted by molar-refractivity contribution is 5.78. The number of cyclic esters (lactones) is 2. The van der Waals surface area contributed by atoms with Crippen LogP contribution in [0.15, 0.2) is 0 Å². The largest absolute Gasteiger partial charge is 0.490 e. The second-order valence-electron chi connectivity index (χ2n) is 16.3. The molecule has 2 saturated heterocycles. The highest BCUT2D eigenvalue weighted by Gasteiger charge is 2.67. The molecule has 252 valence electrons. The molecule has 6 aliphatic carbocycles. The third-order valence-corrected chi connectivity index (χ3v) is 14.9. The molecule has 0 radical (unpaired) electrons. The number of alkyl halides is 3. The van der Waals surface area contributed by atoms with Crippen molar-refractivity contribution in [3.63, 3.8) is 0 Å². The van der Waals surface area contributed by atoms with Crippen molar-refractivity contribution in [1.29, 1.82) is 0 Å². The number of halogens is 3. The molecule has 10 heteroatoms. The molecular weight excluding hydrogens is 589 g/mol. The predicted octanol–water partition coefficient (Wildman–Crippen LogP) is 5.67. The molecule has 0 amide bonds. The lowest BCUT2D eigenvalue weighted by Gasteiger charge is -2.45. The lowest BCUT2D eigenvalue weighted by atomic mass is 9.61. The van der Waals surface area contributed by atoms with Crippen LogP contribution in [0.5, 0.6) is 0 Å². The van der Waals surface area contributed by atoms with Gasteiger partial charge in [-0.1, -0.05) is 27.7 Å². The minimum Gasteiger partial charge on any atom is -0.465 e. The van der Waals surface area contributed by atoms with Crippen molar-refractivity contribution in [2.75, 3.05) is 13.2 Å². The van der Waals surface area contributed by atoms with E-state index in [1.54, 1.807) is 0 Å².